The molecule has 0 fully saturated rings. The first-order valence-corrected chi connectivity index (χ1v) is 12.5. The van der Waals surface area contributed by atoms with Crippen LogP contribution < -0.4 is 10.4 Å². The SMILES string of the molecule is CC(C)(C)C1=CC2=c3cc(C(=O)O)c(C(=O)O)cc3=C3C=C(C(C)(C)C)C=C4C=CC(=C1)[C@@]2(C)[C@]43C. The Kier molecular flexibility index (Phi) is 4.79. The molecule has 2 N–H and O–H groups in total. The summed E-state index contributed by atoms with van der Waals surface area (Å²) < 4.78 is 0. The van der Waals surface area contributed by atoms with Crippen LogP contribution in [0.2, 0.25) is 0 Å². The van der Waals surface area contributed by atoms with Crippen LogP contribution in [0.15, 0.2) is 70.9 Å². The molecule has 0 heterocycles. The predicted octanol–water partition coefficient (Wildman–Crippen LogP) is 5.81. The molecule has 36 heavy (non-hydrogen) atoms. The number of hydrogen-bond donors (Lipinski definition) is 2. The van der Waals surface area contributed by atoms with Gasteiger partial charge in [-0.3, -0.25) is 0 Å². The number of carboxylic acid groups (broad SMARTS) is 2. The summed E-state index contributed by atoms with van der Waals surface area (Å²) in [4.78, 5) is 24.4. The van der Waals surface area contributed by atoms with E-state index in [9.17, 15) is 19.8 Å². The quantitative estimate of drug-likeness (QED) is 0.558. The van der Waals surface area contributed by atoms with Crippen LogP contribution in [0.1, 0.15) is 76.1 Å². The summed E-state index contributed by atoms with van der Waals surface area (Å²) in [7, 11) is 0. The summed E-state index contributed by atoms with van der Waals surface area (Å²) in [5.41, 5.74) is 5.36. The molecular formula is C32H34O4. The van der Waals surface area contributed by atoms with E-state index in [0.29, 0.717) is 0 Å². The fourth-order valence-electron chi connectivity index (χ4n) is 6.30. The molecule has 1 aromatic rings. The maximum Gasteiger partial charge on any atom is 0.336 e. The van der Waals surface area contributed by atoms with Crippen LogP contribution in [0.3, 0.4) is 0 Å². The van der Waals surface area contributed by atoms with E-state index in [1.165, 1.54) is 22.3 Å². The summed E-state index contributed by atoms with van der Waals surface area (Å²) in [6.45, 7) is 17.6. The monoisotopic (exact) mass is 482 g/mol. The van der Waals surface area contributed by atoms with E-state index in [1.54, 1.807) is 12.1 Å². The van der Waals surface area contributed by atoms with Crippen LogP contribution in [0.4, 0.5) is 0 Å². The highest BCUT2D eigenvalue weighted by atomic mass is 16.4. The highest BCUT2D eigenvalue weighted by Crippen LogP contribution is 2.66. The van der Waals surface area contributed by atoms with Crippen molar-refractivity contribution in [2.75, 3.05) is 0 Å². The van der Waals surface area contributed by atoms with Crippen molar-refractivity contribution in [1.82, 2.24) is 0 Å². The first-order chi connectivity index (χ1) is 16.5. The third-order valence-electron chi connectivity index (χ3n) is 8.83. The van der Waals surface area contributed by atoms with Crippen molar-refractivity contribution < 1.29 is 19.8 Å². The van der Waals surface area contributed by atoms with Crippen molar-refractivity contribution in [2.45, 2.75) is 55.4 Å². The van der Waals surface area contributed by atoms with Crippen LogP contribution in [0.5, 0.6) is 0 Å². The molecule has 0 unspecified atom stereocenters. The average Bonchev–Trinajstić information content (AvgIpc) is 2.75. The van der Waals surface area contributed by atoms with Gasteiger partial charge in [-0.15, -0.1) is 0 Å². The second-order valence-electron chi connectivity index (χ2n) is 12.9. The third kappa shape index (κ3) is 3.00. The Hall–Kier alpha value is -3.40. The summed E-state index contributed by atoms with van der Waals surface area (Å²) in [5.74, 6) is -2.46. The molecule has 186 valence electrons. The molecule has 0 radical (unpaired) electrons. The molecule has 4 aliphatic rings. The van der Waals surface area contributed by atoms with Gasteiger partial charge in [0, 0.05) is 10.8 Å². The Bertz CT molecular complexity index is 1440. The maximum atomic E-state index is 12.2. The lowest BCUT2D eigenvalue weighted by Crippen LogP contribution is -2.55. The number of benzene rings is 1. The van der Waals surface area contributed by atoms with Crippen molar-refractivity contribution in [3.05, 3.63) is 92.4 Å². The minimum Gasteiger partial charge on any atom is -0.478 e. The number of rotatable bonds is 2. The fourth-order valence-corrected chi connectivity index (χ4v) is 6.30. The lowest BCUT2D eigenvalue weighted by molar-refractivity contribution is 0.0651. The molecule has 0 aliphatic heterocycles. The molecule has 4 heteroatoms. The molecule has 2 atom stereocenters. The maximum absolute atomic E-state index is 12.2. The highest BCUT2D eigenvalue weighted by Gasteiger charge is 2.57. The molecule has 0 aromatic heterocycles. The van der Waals surface area contributed by atoms with Gasteiger partial charge in [-0.2, -0.15) is 0 Å². The number of fused-ring (bicyclic) bond motifs is 1. The molecule has 0 saturated heterocycles. The second kappa shape index (κ2) is 7.09. The minimum atomic E-state index is -1.23. The lowest BCUT2D eigenvalue weighted by atomic mass is 9.45. The summed E-state index contributed by atoms with van der Waals surface area (Å²) in [5, 5.41) is 21.5. The molecule has 5 rings (SSSR count). The Morgan fingerprint density at radius 1 is 0.639 bits per heavy atom. The van der Waals surface area contributed by atoms with E-state index in [0.717, 1.165) is 21.6 Å². The topological polar surface area (TPSA) is 74.6 Å². The molecule has 0 amide bonds. The number of carbonyl (C=O) groups is 2. The Morgan fingerprint density at radius 2 is 0.972 bits per heavy atom. The van der Waals surface area contributed by atoms with Gasteiger partial charge in [0.1, 0.15) is 0 Å². The largest absolute Gasteiger partial charge is 0.478 e. The van der Waals surface area contributed by atoms with E-state index in [1.807, 2.05) is 0 Å². The molecule has 4 nitrogen and oxygen atoms in total. The molecule has 0 saturated carbocycles. The smallest absolute Gasteiger partial charge is 0.336 e. The molecule has 0 spiro atoms. The van der Waals surface area contributed by atoms with Gasteiger partial charge in [-0.05, 0) is 66.8 Å². The van der Waals surface area contributed by atoms with Crippen molar-refractivity contribution >= 4 is 23.1 Å². The van der Waals surface area contributed by atoms with Gasteiger partial charge in [0.25, 0.3) is 0 Å². The van der Waals surface area contributed by atoms with Crippen molar-refractivity contribution in [1.29, 1.82) is 0 Å². The minimum absolute atomic E-state index is 0.112. The van der Waals surface area contributed by atoms with E-state index in [-0.39, 0.29) is 22.0 Å². The second-order valence-corrected chi connectivity index (χ2v) is 12.9. The Balaban J connectivity index is 2.09. The van der Waals surface area contributed by atoms with Crippen LogP contribution in [-0.2, 0) is 0 Å². The van der Waals surface area contributed by atoms with Gasteiger partial charge in [-0.25, -0.2) is 9.59 Å². The van der Waals surface area contributed by atoms with E-state index >= 15 is 0 Å². The first-order valence-electron chi connectivity index (χ1n) is 12.5. The van der Waals surface area contributed by atoms with Gasteiger partial charge in [0.2, 0.25) is 0 Å². The van der Waals surface area contributed by atoms with Gasteiger partial charge in [-0.1, -0.05) is 91.8 Å². The van der Waals surface area contributed by atoms with Crippen molar-refractivity contribution in [3.8, 4) is 0 Å². The van der Waals surface area contributed by atoms with Gasteiger partial charge < -0.3 is 10.2 Å². The van der Waals surface area contributed by atoms with Gasteiger partial charge in [0.15, 0.2) is 0 Å². The first kappa shape index (κ1) is 24.3. The number of hydrogen-bond acceptors (Lipinski definition) is 2. The van der Waals surface area contributed by atoms with Gasteiger partial charge >= 0.3 is 11.9 Å². The molecule has 4 aliphatic carbocycles. The Morgan fingerprint density at radius 3 is 1.25 bits per heavy atom. The summed E-state index contributed by atoms with van der Waals surface area (Å²) in [6, 6.07) is 3.18. The van der Waals surface area contributed by atoms with E-state index < -0.39 is 22.8 Å². The summed E-state index contributed by atoms with van der Waals surface area (Å²) >= 11 is 0. The zero-order valence-corrected chi connectivity index (χ0v) is 22.3. The van der Waals surface area contributed by atoms with Crippen molar-refractivity contribution in [2.24, 2.45) is 21.7 Å². The van der Waals surface area contributed by atoms with Crippen LogP contribution in [0, 0.1) is 21.7 Å². The van der Waals surface area contributed by atoms with E-state index in [4.69, 9.17) is 0 Å². The fraction of sp³-hybridized carbons (Fsp3) is 0.375. The zero-order chi connectivity index (χ0) is 26.6. The number of carboxylic acids is 2. The van der Waals surface area contributed by atoms with Crippen LogP contribution in [0.25, 0.3) is 11.1 Å². The lowest BCUT2D eigenvalue weighted by Gasteiger charge is -2.57. The zero-order valence-electron chi connectivity index (χ0n) is 22.3. The molecule has 1 aromatic carbocycles. The third-order valence-corrected chi connectivity index (χ3v) is 8.83. The molecule has 0 bridgehead atoms. The normalized spacial score (nSPS) is 26.3. The predicted molar refractivity (Wildman–Crippen MR) is 143 cm³/mol. The standard InChI is InChI=1S/C32H34O4/c1-29(2,3)19-11-17-9-10-18-12-20(30(4,5)6)14-26-22-16-24(28(35)36)23(27(33)34)15-21(22)25(13-19)31(17,7)32(18,26)8/h9-16H,1-8H3,(H,33,34)(H,35,36)/t31-,32-/m1/s1. The van der Waals surface area contributed by atoms with Gasteiger partial charge in [0.05, 0.1) is 11.1 Å². The highest BCUT2D eigenvalue weighted by molar-refractivity contribution is 6.02. The van der Waals surface area contributed by atoms with E-state index in [2.05, 4.69) is 91.8 Å². The summed E-state index contributed by atoms with van der Waals surface area (Å²) in [6.07, 6.45) is 13.4. The van der Waals surface area contributed by atoms with Crippen LogP contribution in [-0.4, -0.2) is 22.2 Å². The average molecular weight is 483 g/mol. The Labute approximate surface area is 212 Å². The van der Waals surface area contributed by atoms with Crippen molar-refractivity contribution in [3.63, 3.8) is 0 Å². The molecular weight excluding hydrogens is 448 g/mol. The number of allylic oxidation sites excluding steroid dienone is 10. The number of aromatic carboxylic acids is 2. The van der Waals surface area contributed by atoms with Crippen LogP contribution >= 0.6 is 0 Å².